The lowest BCUT2D eigenvalue weighted by molar-refractivity contribution is 0.0734. The van der Waals surface area contributed by atoms with Crippen LogP contribution in [0.1, 0.15) is 31.8 Å². The zero-order valence-electron chi connectivity index (χ0n) is 16.4. The van der Waals surface area contributed by atoms with Gasteiger partial charge in [-0.25, -0.2) is 10.2 Å². The van der Waals surface area contributed by atoms with Crippen LogP contribution in [-0.2, 0) is 0 Å². The minimum Gasteiger partial charge on any atom is -0.454 e. The number of nitrogens with one attached hydrogen (secondary N) is 1. The summed E-state index contributed by atoms with van der Waals surface area (Å²) in [5, 5.41) is 4.00. The number of ether oxygens (including phenoxy) is 3. The Morgan fingerprint density at radius 2 is 1.87 bits per heavy atom. The van der Waals surface area contributed by atoms with E-state index in [1.807, 2.05) is 13.0 Å². The van der Waals surface area contributed by atoms with Crippen molar-refractivity contribution < 1.29 is 23.8 Å². The number of carbonyl (C=O) groups is 2. The lowest BCUT2D eigenvalue weighted by Gasteiger charge is -2.08. The quantitative estimate of drug-likeness (QED) is 0.252. The molecule has 156 valence electrons. The SMILES string of the molecule is Cc1cccc(C(=O)Oc2ccc(Br)cc2/C=N/NC(=O)c2ccc3c(c2)OCO3)c1. The molecular weight excluding hydrogens is 464 g/mol. The fourth-order valence-corrected chi connectivity index (χ4v) is 3.29. The van der Waals surface area contributed by atoms with E-state index in [9.17, 15) is 9.59 Å². The number of carbonyl (C=O) groups excluding carboxylic acids is 2. The summed E-state index contributed by atoms with van der Waals surface area (Å²) >= 11 is 3.39. The van der Waals surface area contributed by atoms with Crippen LogP contribution >= 0.6 is 15.9 Å². The van der Waals surface area contributed by atoms with Gasteiger partial charge in [-0.2, -0.15) is 5.10 Å². The molecule has 0 aliphatic carbocycles. The third kappa shape index (κ3) is 4.92. The van der Waals surface area contributed by atoms with Crippen LogP contribution in [0.25, 0.3) is 0 Å². The van der Waals surface area contributed by atoms with Gasteiger partial charge in [0.2, 0.25) is 6.79 Å². The van der Waals surface area contributed by atoms with Crippen molar-refractivity contribution in [2.75, 3.05) is 6.79 Å². The van der Waals surface area contributed by atoms with Gasteiger partial charge in [0, 0.05) is 15.6 Å². The molecule has 1 aliphatic rings. The molecule has 0 fully saturated rings. The summed E-state index contributed by atoms with van der Waals surface area (Å²) in [6.07, 6.45) is 1.41. The summed E-state index contributed by atoms with van der Waals surface area (Å²) in [6.45, 7) is 2.03. The second-order valence-corrected chi connectivity index (χ2v) is 7.62. The molecule has 31 heavy (non-hydrogen) atoms. The van der Waals surface area contributed by atoms with E-state index in [1.165, 1.54) is 6.21 Å². The minimum absolute atomic E-state index is 0.130. The molecule has 7 nitrogen and oxygen atoms in total. The molecule has 4 rings (SSSR count). The summed E-state index contributed by atoms with van der Waals surface area (Å²) in [5.41, 5.74) is 4.75. The highest BCUT2D eigenvalue weighted by molar-refractivity contribution is 9.10. The first-order valence-electron chi connectivity index (χ1n) is 9.31. The van der Waals surface area contributed by atoms with Gasteiger partial charge in [0.15, 0.2) is 11.5 Å². The van der Waals surface area contributed by atoms with E-state index in [1.54, 1.807) is 54.6 Å². The Balaban J connectivity index is 1.47. The number of rotatable bonds is 5. The lowest BCUT2D eigenvalue weighted by atomic mass is 10.1. The Hall–Kier alpha value is -3.65. The van der Waals surface area contributed by atoms with Crippen molar-refractivity contribution in [3.63, 3.8) is 0 Å². The molecule has 1 amide bonds. The molecule has 0 saturated heterocycles. The van der Waals surface area contributed by atoms with Crippen LogP contribution in [0.5, 0.6) is 17.2 Å². The van der Waals surface area contributed by atoms with Crippen molar-refractivity contribution in [2.24, 2.45) is 5.10 Å². The van der Waals surface area contributed by atoms with Crippen LogP contribution < -0.4 is 19.6 Å². The molecule has 0 atom stereocenters. The van der Waals surface area contributed by atoms with Gasteiger partial charge in [0.1, 0.15) is 5.75 Å². The largest absolute Gasteiger partial charge is 0.454 e. The van der Waals surface area contributed by atoms with Gasteiger partial charge in [-0.1, -0.05) is 33.6 Å². The summed E-state index contributed by atoms with van der Waals surface area (Å²) in [6, 6.07) is 17.1. The average Bonchev–Trinajstić information content (AvgIpc) is 3.23. The van der Waals surface area contributed by atoms with Crippen LogP contribution in [-0.4, -0.2) is 24.9 Å². The molecular formula is C23H17BrN2O5. The molecule has 3 aromatic carbocycles. The molecule has 0 bridgehead atoms. The summed E-state index contributed by atoms with van der Waals surface area (Å²) in [5.74, 6) is 0.520. The van der Waals surface area contributed by atoms with E-state index in [0.29, 0.717) is 33.9 Å². The van der Waals surface area contributed by atoms with Gasteiger partial charge in [0.25, 0.3) is 5.91 Å². The zero-order chi connectivity index (χ0) is 21.8. The average molecular weight is 481 g/mol. The molecule has 0 spiro atoms. The molecule has 0 saturated carbocycles. The molecule has 0 unspecified atom stereocenters. The minimum atomic E-state index is -0.481. The van der Waals surface area contributed by atoms with Gasteiger partial charge in [-0.05, 0) is 55.5 Å². The van der Waals surface area contributed by atoms with Crippen molar-refractivity contribution in [2.45, 2.75) is 6.92 Å². The van der Waals surface area contributed by atoms with E-state index >= 15 is 0 Å². The molecule has 8 heteroatoms. The molecule has 1 aliphatic heterocycles. The van der Waals surface area contributed by atoms with Crippen molar-refractivity contribution in [3.8, 4) is 17.2 Å². The maximum Gasteiger partial charge on any atom is 0.343 e. The van der Waals surface area contributed by atoms with Gasteiger partial charge in [-0.3, -0.25) is 4.79 Å². The summed E-state index contributed by atoms with van der Waals surface area (Å²) in [4.78, 5) is 24.9. The first-order chi connectivity index (χ1) is 15.0. The molecule has 0 radical (unpaired) electrons. The monoisotopic (exact) mass is 480 g/mol. The normalized spacial score (nSPS) is 12.1. The van der Waals surface area contributed by atoms with Crippen molar-refractivity contribution in [1.82, 2.24) is 5.43 Å². The zero-order valence-corrected chi connectivity index (χ0v) is 18.0. The van der Waals surface area contributed by atoms with Gasteiger partial charge in [-0.15, -0.1) is 0 Å². The molecule has 1 heterocycles. The second-order valence-electron chi connectivity index (χ2n) is 6.71. The van der Waals surface area contributed by atoms with Crippen LogP contribution in [0.3, 0.4) is 0 Å². The maximum atomic E-state index is 12.5. The second kappa shape index (κ2) is 9.01. The summed E-state index contributed by atoms with van der Waals surface area (Å²) < 4.78 is 16.8. The van der Waals surface area contributed by atoms with Crippen molar-refractivity contribution in [1.29, 1.82) is 0 Å². The van der Waals surface area contributed by atoms with Crippen LogP contribution in [0.15, 0.2) is 70.2 Å². The first-order valence-corrected chi connectivity index (χ1v) is 10.1. The van der Waals surface area contributed by atoms with Crippen LogP contribution in [0.2, 0.25) is 0 Å². The fourth-order valence-electron chi connectivity index (χ4n) is 2.91. The molecule has 3 aromatic rings. The number of amides is 1. The van der Waals surface area contributed by atoms with Crippen molar-refractivity contribution in [3.05, 3.63) is 87.4 Å². The van der Waals surface area contributed by atoms with E-state index in [2.05, 4.69) is 26.5 Å². The Kier molecular flexibility index (Phi) is 5.99. The maximum absolute atomic E-state index is 12.5. The number of benzene rings is 3. The van der Waals surface area contributed by atoms with E-state index < -0.39 is 11.9 Å². The standard InChI is InChI=1S/C23H17BrN2O5/c1-14-3-2-4-16(9-14)23(28)31-19-8-6-18(24)10-17(19)12-25-26-22(27)15-5-7-20-21(11-15)30-13-29-20/h2-12H,13H2,1H3,(H,26,27)/b25-12+. The Labute approximate surface area is 186 Å². The number of hydrogen-bond donors (Lipinski definition) is 1. The first kappa shape index (κ1) is 20.6. The smallest absolute Gasteiger partial charge is 0.343 e. The number of hydrogen-bond acceptors (Lipinski definition) is 6. The Morgan fingerprint density at radius 3 is 2.71 bits per heavy atom. The highest BCUT2D eigenvalue weighted by atomic mass is 79.9. The number of aryl methyl sites for hydroxylation is 1. The predicted molar refractivity (Wildman–Crippen MR) is 118 cm³/mol. The van der Waals surface area contributed by atoms with E-state index in [0.717, 1.165) is 10.0 Å². The third-order valence-electron chi connectivity index (χ3n) is 4.43. The number of fused-ring (bicyclic) bond motifs is 1. The molecule has 1 N–H and O–H groups in total. The number of nitrogens with zero attached hydrogens (tertiary/aromatic N) is 1. The van der Waals surface area contributed by atoms with Crippen LogP contribution in [0, 0.1) is 6.92 Å². The van der Waals surface area contributed by atoms with E-state index in [-0.39, 0.29) is 6.79 Å². The van der Waals surface area contributed by atoms with Gasteiger partial charge < -0.3 is 14.2 Å². The van der Waals surface area contributed by atoms with Crippen molar-refractivity contribution >= 4 is 34.0 Å². The summed E-state index contributed by atoms with van der Waals surface area (Å²) in [7, 11) is 0. The van der Waals surface area contributed by atoms with Crippen LogP contribution in [0.4, 0.5) is 0 Å². The Morgan fingerprint density at radius 1 is 1.03 bits per heavy atom. The third-order valence-corrected chi connectivity index (χ3v) is 4.93. The number of halogens is 1. The number of esters is 1. The highest BCUT2D eigenvalue weighted by Gasteiger charge is 2.16. The highest BCUT2D eigenvalue weighted by Crippen LogP contribution is 2.32. The van der Waals surface area contributed by atoms with Gasteiger partial charge >= 0.3 is 5.97 Å². The Bertz CT molecular complexity index is 1190. The predicted octanol–water partition coefficient (Wildman–Crippen LogP) is 4.47. The topological polar surface area (TPSA) is 86.2 Å². The fraction of sp³-hybridized carbons (Fsp3) is 0.0870. The van der Waals surface area contributed by atoms with Gasteiger partial charge in [0.05, 0.1) is 11.8 Å². The lowest BCUT2D eigenvalue weighted by Crippen LogP contribution is -2.17. The molecule has 0 aromatic heterocycles. The van der Waals surface area contributed by atoms with E-state index in [4.69, 9.17) is 14.2 Å². The number of hydrazone groups is 1.